The van der Waals surface area contributed by atoms with Crippen molar-refractivity contribution in [3.05, 3.63) is 27.8 Å². The van der Waals surface area contributed by atoms with E-state index in [-0.39, 0.29) is 23.2 Å². The van der Waals surface area contributed by atoms with E-state index in [9.17, 15) is 9.59 Å². The molecule has 0 aromatic carbocycles. The van der Waals surface area contributed by atoms with Crippen LogP contribution in [-0.4, -0.2) is 40.2 Å². The molecule has 8 nitrogen and oxygen atoms in total. The maximum atomic E-state index is 11.9. The maximum Gasteiger partial charge on any atom is 0.367 e. The Morgan fingerprint density at radius 1 is 1.43 bits per heavy atom. The van der Waals surface area contributed by atoms with E-state index in [1.807, 2.05) is 0 Å². The molecule has 2 heterocycles. The Labute approximate surface area is 124 Å². The summed E-state index contributed by atoms with van der Waals surface area (Å²) in [5.74, 6) is 0.124. The van der Waals surface area contributed by atoms with Gasteiger partial charge in [-0.15, -0.1) is 11.3 Å². The largest absolute Gasteiger partial charge is 0.461 e. The SMILES string of the molecule is CCOC(=O)c1nc(C(=O)NCCc2noc(C)n2)cs1. The van der Waals surface area contributed by atoms with Gasteiger partial charge >= 0.3 is 5.97 Å². The summed E-state index contributed by atoms with van der Waals surface area (Å²) in [5, 5.41) is 8.07. The first-order valence-corrected chi connectivity index (χ1v) is 7.18. The van der Waals surface area contributed by atoms with Crippen molar-refractivity contribution < 1.29 is 18.8 Å². The molecule has 2 aromatic rings. The summed E-state index contributed by atoms with van der Waals surface area (Å²) in [5.41, 5.74) is 0.187. The number of aromatic nitrogens is 3. The number of nitrogens with one attached hydrogen (secondary N) is 1. The van der Waals surface area contributed by atoms with Gasteiger partial charge in [-0.3, -0.25) is 4.79 Å². The fraction of sp³-hybridized carbons (Fsp3) is 0.417. The van der Waals surface area contributed by atoms with Gasteiger partial charge in [0.15, 0.2) is 5.82 Å². The molecule has 21 heavy (non-hydrogen) atoms. The first-order valence-electron chi connectivity index (χ1n) is 6.30. The van der Waals surface area contributed by atoms with Crippen LogP contribution in [0.3, 0.4) is 0 Å². The molecular weight excluding hydrogens is 296 g/mol. The van der Waals surface area contributed by atoms with E-state index in [2.05, 4.69) is 20.4 Å². The van der Waals surface area contributed by atoms with Crippen molar-refractivity contribution in [2.24, 2.45) is 0 Å². The standard InChI is InChI=1S/C12H14N4O4S/c1-3-19-12(18)11-15-8(6-21-11)10(17)13-5-4-9-14-7(2)20-16-9/h6H,3-5H2,1-2H3,(H,13,17). The zero-order valence-corrected chi connectivity index (χ0v) is 12.4. The molecule has 0 aliphatic heterocycles. The van der Waals surface area contributed by atoms with E-state index < -0.39 is 5.97 Å². The van der Waals surface area contributed by atoms with Crippen LogP contribution in [-0.2, 0) is 11.2 Å². The van der Waals surface area contributed by atoms with Crippen LogP contribution in [0.15, 0.2) is 9.90 Å². The van der Waals surface area contributed by atoms with Crippen molar-refractivity contribution in [1.29, 1.82) is 0 Å². The molecule has 1 amide bonds. The van der Waals surface area contributed by atoms with Crippen LogP contribution < -0.4 is 5.32 Å². The zero-order chi connectivity index (χ0) is 15.2. The highest BCUT2D eigenvalue weighted by Crippen LogP contribution is 2.11. The number of hydrogen-bond donors (Lipinski definition) is 1. The van der Waals surface area contributed by atoms with Gasteiger partial charge in [0.25, 0.3) is 5.91 Å². The third-order valence-corrected chi connectivity index (χ3v) is 3.21. The second-order valence-electron chi connectivity index (χ2n) is 3.99. The molecule has 2 rings (SSSR count). The van der Waals surface area contributed by atoms with Gasteiger partial charge in [0.2, 0.25) is 10.9 Å². The fourth-order valence-electron chi connectivity index (χ4n) is 1.49. The number of nitrogens with zero attached hydrogens (tertiary/aromatic N) is 3. The van der Waals surface area contributed by atoms with Crippen molar-refractivity contribution in [2.75, 3.05) is 13.2 Å². The highest BCUT2D eigenvalue weighted by molar-refractivity contribution is 7.11. The monoisotopic (exact) mass is 310 g/mol. The average Bonchev–Trinajstić information content (AvgIpc) is 3.08. The molecule has 0 aliphatic carbocycles. The van der Waals surface area contributed by atoms with Crippen molar-refractivity contribution in [3.63, 3.8) is 0 Å². The Morgan fingerprint density at radius 3 is 2.90 bits per heavy atom. The van der Waals surface area contributed by atoms with Crippen LogP contribution in [0.1, 0.15) is 38.9 Å². The van der Waals surface area contributed by atoms with Gasteiger partial charge < -0.3 is 14.6 Å². The number of thiazole rings is 1. The van der Waals surface area contributed by atoms with Gasteiger partial charge in [0, 0.05) is 25.3 Å². The Morgan fingerprint density at radius 2 is 2.24 bits per heavy atom. The van der Waals surface area contributed by atoms with Crippen molar-refractivity contribution in [3.8, 4) is 0 Å². The zero-order valence-electron chi connectivity index (χ0n) is 11.6. The lowest BCUT2D eigenvalue weighted by Gasteiger charge is -2.00. The highest BCUT2D eigenvalue weighted by Gasteiger charge is 2.16. The minimum atomic E-state index is -0.524. The minimum absolute atomic E-state index is 0.163. The Hall–Kier alpha value is -2.29. The van der Waals surface area contributed by atoms with Crippen LogP contribution in [0.25, 0.3) is 0 Å². The summed E-state index contributed by atoms with van der Waals surface area (Å²) >= 11 is 1.07. The lowest BCUT2D eigenvalue weighted by atomic mass is 10.4. The molecule has 2 aromatic heterocycles. The number of ether oxygens (including phenoxy) is 1. The van der Waals surface area contributed by atoms with E-state index in [1.165, 1.54) is 5.38 Å². The molecule has 1 N–H and O–H groups in total. The second kappa shape index (κ2) is 6.93. The molecule has 0 saturated carbocycles. The number of amides is 1. The first-order chi connectivity index (χ1) is 10.1. The molecular formula is C12H14N4O4S. The van der Waals surface area contributed by atoms with Gasteiger partial charge in [-0.1, -0.05) is 5.16 Å². The highest BCUT2D eigenvalue weighted by atomic mass is 32.1. The lowest BCUT2D eigenvalue weighted by Crippen LogP contribution is -2.26. The predicted molar refractivity (Wildman–Crippen MR) is 73.1 cm³/mol. The average molecular weight is 310 g/mol. The molecule has 0 saturated heterocycles. The van der Waals surface area contributed by atoms with E-state index in [0.29, 0.717) is 24.7 Å². The number of rotatable bonds is 6. The van der Waals surface area contributed by atoms with Gasteiger partial charge in [0.1, 0.15) is 5.69 Å². The van der Waals surface area contributed by atoms with Crippen molar-refractivity contribution >= 4 is 23.2 Å². The summed E-state index contributed by atoms with van der Waals surface area (Å²) in [7, 11) is 0. The molecule has 9 heteroatoms. The van der Waals surface area contributed by atoms with Crippen LogP contribution >= 0.6 is 11.3 Å². The third-order valence-electron chi connectivity index (χ3n) is 2.39. The summed E-state index contributed by atoms with van der Waals surface area (Å²) in [6.45, 7) is 4.02. The number of carbonyl (C=O) groups excluding carboxylic acids is 2. The number of esters is 1. The Bertz CT molecular complexity index is 637. The molecule has 0 bridgehead atoms. The summed E-state index contributed by atoms with van der Waals surface area (Å²) in [6.07, 6.45) is 0.456. The molecule has 0 aliphatic rings. The van der Waals surface area contributed by atoms with Crippen molar-refractivity contribution in [2.45, 2.75) is 20.3 Å². The molecule has 0 unspecified atom stereocenters. The molecule has 112 valence electrons. The Kier molecular flexibility index (Phi) is 4.99. The topological polar surface area (TPSA) is 107 Å². The normalized spacial score (nSPS) is 10.4. The second-order valence-corrected chi connectivity index (χ2v) is 4.85. The van der Waals surface area contributed by atoms with E-state index >= 15 is 0 Å². The minimum Gasteiger partial charge on any atom is -0.461 e. The van der Waals surface area contributed by atoms with Crippen LogP contribution in [0.4, 0.5) is 0 Å². The van der Waals surface area contributed by atoms with Crippen LogP contribution in [0, 0.1) is 6.92 Å². The summed E-state index contributed by atoms with van der Waals surface area (Å²) in [6, 6.07) is 0. The predicted octanol–water partition coefficient (Wildman–Crippen LogP) is 0.984. The molecule has 0 fully saturated rings. The fourth-order valence-corrected chi connectivity index (χ4v) is 2.18. The van der Waals surface area contributed by atoms with E-state index in [1.54, 1.807) is 13.8 Å². The summed E-state index contributed by atoms with van der Waals surface area (Å²) in [4.78, 5) is 31.3. The summed E-state index contributed by atoms with van der Waals surface area (Å²) < 4.78 is 9.64. The van der Waals surface area contributed by atoms with E-state index in [0.717, 1.165) is 11.3 Å². The number of hydrogen-bond acceptors (Lipinski definition) is 8. The molecule has 0 atom stereocenters. The maximum absolute atomic E-state index is 11.9. The number of aryl methyl sites for hydroxylation is 1. The third kappa shape index (κ3) is 4.09. The van der Waals surface area contributed by atoms with Gasteiger partial charge in [0.05, 0.1) is 6.61 Å². The molecule has 0 radical (unpaired) electrons. The van der Waals surface area contributed by atoms with Crippen LogP contribution in [0.5, 0.6) is 0 Å². The quantitative estimate of drug-likeness (QED) is 0.792. The number of carbonyl (C=O) groups is 2. The smallest absolute Gasteiger partial charge is 0.367 e. The van der Waals surface area contributed by atoms with Gasteiger partial charge in [-0.2, -0.15) is 4.98 Å². The van der Waals surface area contributed by atoms with Gasteiger partial charge in [-0.05, 0) is 6.92 Å². The lowest BCUT2D eigenvalue weighted by molar-refractivity contribution is 0.0526. The molecule has 0 spiro atoms. The van der Waals surface area contributed by atoms with E-state index in [4.69, 9.17) is 9.26 Å². The Balaban J connectivity index is 1.84. The van der Waals surface area contributed by atoms with Gasteiger partial charge in [-0.25, -0.2) is 9.78 Å². The van der Waals surface area contributed by atoms with Crippen molar-refractivity contribution in [1.82, 2.24) is 20.4 Å². The van der Waals surface area contributed by atoms with Crippen LogP contribution in [0.2, 0.25) is 0 Å². The first kappa shape index (κ1) is 15.1.